The number of aliphatic hydroxyl groups excluding tert-OH is 1. The highest BCUT2D eigenvalue weighted by Crippen LogP contribution is 2.36. The van der Waals surface area contributed by atoms with Crippen LogP contribution in [-0.4, -0.2) is 29.5 Å². The normalized spacial score (nSPS) is 20.0. The van der Waals surface area contributed by atoms with Crippen LogP contribution in [0.3, 0.4) is 0 Å². The number of benzene rings is 2. The number of nitrogens with one attached hydrogen (secondary N) is 1. The minimum atomic E-state index is -0.310. The van der Waals surface area contributed by atoms with Crippen molar-refractivity contribution in [2.75, 3.05) is 13.2 Å². The van der Waals surface area contributed by atoms with Crippen LogP contribution >= 0.6 is 0 Å². The summed E-state index contributed by atoms with van der Waals surface area (Å²) >= 11 is 0. The van der Waals surface area contributed by atoms with Gasteiger partial charge in [-0.05, 0) is 56.7 Å². The van der Waals surface area contributed by atoms with Crippen LogP contribution < -0.4 is 10.1 Å². The molecule has 1 aliphatic heterocycles. The maximum atomic E-state index is 10.5. The van der Waals surface area contributed by atoms with Crippen LogP contribution in [0.25, 0.3) is 0 Å². The summed E-state index contributed by atoms with van der Waals surface area (Å²) in [5.41, 5.74) is 2.19. The Kier molecular flexibility index (Phi) is 6.92. The molecule has 0 saturated carbocycles. The number of hydrogen-bond acceptors (Lipinski definition) is 4. The molecule has 4 heteroatoms. The summed E-state index contributed by atoms with van der Waals surface area (Å²) in [6.45, 7) is 1.37. The van der Waals surface area contributed by atoms with Gasteiger partial charge in [0.15, 0.2) is 11.5 Å². The second kappa shape index (κ2) is 9.60. The Hall–Kier alpha value is -2.04. The highest BCUT2D eigenvalue weighted by Gasteiger charge is 2.24. The Labute approximate surface area is 155 Å². The third kappa shape index (κ3) is 5.23. The number of aliphatic hydroxyl groups is 1. The first-order valence-corrected chi connectivity index (χ1v) is 9.64. The van der Waals surface area contributed by atoms with Crippen LogP contribution in [0.5, 0.6) is 11.5 Å². The van der Waals surface area contributed by atoms with E-state index in [1.165, 1.54) is 5.56 Å². The van der Waals surface area contributed by atoms with Crippen LogP contribution in [0.2, 0.25) is 0 Å². The van der Waals surface area contributed by atoms with E-state index in [9.17, 15) is 10.2 Å². The second-order valence-electron chi connectivity index (χ2n) is 7.02. The quantitative estimate of drug-likeness (QED) is 0.627. The van der Waals surface area contributed by atoms with Crippen molar-refractivity contribution in [1.82, 2.24) is 5.32 Å². The standard InChI is InChI=1S/C22H29NO3/c24-18-13-14-23-20(16-18)19-11-7-12-21(22(19)25)26-15-6-2-5-10-17-8-3-1-4-9-17/h1,3-4,7-9,11-12,18,20,23-25H,2,5-6,10,13-16H2. The average molecular weight is 355 g/mol. The number of aromatic hydroxyl groups is 1. The van der Waals surface area contributed by atoms with E-state index in [0.717, 1.165) is 44.2 Å². The van der Waals surface area contributed by atoms with E-state index in [1.807, 2.05) is 24.3 Å². The van der Waals surface area contributed by atoms with Crippen molar-refractivity contribution >= 4 is 0 Å². The Bertz CT molecular complexity index is 674. The Balaban J connectivity index is 1.44. The molecule has 0 bridgehead atoms. The Morgan fingerprint density at radius 3 is 2.65 bits per heavy atom. The van der Waals surface area contributed by atoms with Crippen molar-refractivity contribution in [2.24, 2.45) is 0 Å². The number of ether oxygens (including phenoxy) is 1. The predicted octanol–water partition coefficient (Wildman–Crippen LogP) is 3.97. The molecule has 2 aromatic rings. The topological polar surface area (TPSA) is 61.7 Å². The number of phenols is 1. The van der Waals surface area contributed by atoms with Gasteiger partial charge in [-0.15, -0.1) is 0 Å². The van der Waals surface area contributed by atoms with Gasteiger partial charge >= 0.3 is 0 Å². The van der Waals surface area contributed by atoms with E-state index < -0.39 is 0 Å². The van der Waals surface area contributed by atoms with Gasteiger partial charge in [0, 0.05) is 11.6 Å². The van der Waals surface area contributed by atoms with Crippen LogP contribution in [-0.2, 0) is 6.42 Å². The number of rotatable bonds is 8. The molecule has 26 heavy (non-hydrogen) atoms. The van der Waals surface area contributed by atoms with Gasteiger partial charge in [0.05, 0.1) is 12.7 Å². The molecule has 0 aliphatic carbocycles. The molecule has 0 radical (unpaired) electrons. The van der Waals surface area contributed by atoms with Crippen molar-refractivity contribution < 1.29 is 14.9 Å². The molecule has 1 saturated heterocycles. The van der Waals surface area contributed by atoms with E-state index in [0.29, 0.717) is 18.8 Å². The van der Waals surface area contributed by atoms with E-state index in [-0.39, 0.29) is 17.9 Å². The Morgan fingerprint density at radius 2 is 1.85 bits per heavy atom. The van der Waals surface area contributed by atoms with Gasteiger partial charge in [-0.3, -0.25) is 0 Å². The molecule has 0 spiro atoms. The summed E-state index contributed by atoms with van der Waals surface area (Å²) in [5.74, 6) is 0.732. The van der Waals surface area contributed by atoms with Crippen molar-refractivity contribution in [3.05, 3.63) is 59.7 Å². The summed E-state index contributed by atoms with van der Waals surface area (Å²) in [6.07, 6.45) is 5.38. The van der Waals surface area contributed by atoms with Gasteiger partial charge in [-0.25, -0.2) is 0 Å². The fourth-order valence-corrected chi connectivity index (χ4v) is 3.51. The van der Waals surface area contributed by atoms with Crippen molar-refractivity contribution in [3.8, 4) is 11.5 Å². The zero-order chi connectivity index (χ0) is 18.2. The van der Waals surface area contributed by atoms with Crippen LogP contribution in [0.4, 0.5) is 0 Å². The smallest absolute Gasteiger partial charge is 0.162 e. The fourth-order valence-electron chi connectivity index (χ4n) is 3.51. The van der Waals surface area contributed by atoms with E-state index in [4.69, 9.17) is 4.74 Å². The highest BCUT2D eigenvalue weighted by atomic mass is 16.5. The van der Waals surface area contributed by atoms with Gasteiger partial charge in [0.1, 0.15) is 0 Å². The molecule has 2 atom stereocenters. The van der Waals surface area contributed by atoms with Crippen molar-refractivity contribution in [3.63, 3.8) is 0 Å². The minimum absolute atomic E-state index is 0.0202. The SMILES string of the molecule is Oc1c(OCCCCCc2ccccc2)cccc1C1CC(O)CCN1. The van der Waals surface area contributed by atoms with E-state index in [1.54, 1.807) is 0 Å². The lowest BCUT2D eigenvalue weighted by atomic mass is 9.95. The summed E-state index contributed by atoms with van der Waals surface area (Å²) in [5, 5.41) is 23.7. The Morgan fingerprint density at radius 1 is 1.00 bits per heavy atom. The number of aryl methyl sites for hydroxylation is 1. The lowest BCUT2D eigenvalue weighted by Crippen LogP contribution is -2.34. The molecule has 3 N–H and O–H groups in total. The lowest BCUT2D eigenvalue weighted by Gasteiger charge is -2.28. The molecule has 0 aromatic heterocycles. The molecule has 2 aromatic carbocycles. The van der Waals surface area contributed by atoms with E-state index >= 15 is 0 Å². The monoisotopic (exact) mass is 355 g/mol. The van der Waals surface area contributed by atoms with Crippen LogP contribution in [0, 0.1) is 0 Å². The third-order valence-electron chi connectivity index (χ3n) is 4.99. The molecule has 4 nitrogen and oxygen atoms in total. The molecule has 1 heterocycles. The largest absolute Gasteiger partial charge is 0.504 e. The summed E-state index contributed by atoms with van der Waals surface area (Å²) < 4.78 is 5.81. The number of phenolic OH excluding ortho intramolecular Hbond substituents is 1. The fraction of sp³-hybridized carbons (Fsp3) is 0.455. The highest BCUT2D eigenvalue weighted by molar-refractivity contribution is 5.47. The maximum absolute atomic E-state index is 10.5. The van der Waals surface area contributed by atoms with Crippen molar-refractivity contribution in [1.29, 1.82) is 0 Å². The first kappa shape index (κ1) is 18.7. The second-order valence-corrected chi connectivity index (χ2v) is 7.02. The number of para-hydroxylation sites is 1. The van der Waals surface area contributed by atoms with Gasteiger partial charge in [0.25, 0.3) is 0 Å². The number of piperidine rings is 1. The maximum Gasteiger partial charge on any atom is 0.162 e. The zero-order valence-corrected chi connectivity index (χ0v) is 15.2. The first-order valence-electron chi connectivity index (χ1n) is 9.64. The summed E-state index contributed by atoms with van der Waals surface area (Å²) in [6, 6.07) is 16.1. The number of unbranched alkanes of at least 4 members (excludes halogenated alkanes) is 2. The van der Waals surface area contributed by atoms with Crippen LogP contribution in [0.15, 0.2) is 48.5 Å². The molecule has 1 fully saturated rings. The molecule has 0 amide bonds. The lowest BCUT2D eigenvalue weighted by molar-refractivity contribution is 0.116. The summed E-state index contributed by atoms with van der Waals surface area (Å²) in [4.78, 5) is 0. The molecular formula is C22H29NO3. The van der Waals surface area contributed by atoms with Gasteiger partial charge in [0.2, 0.25) is 0 Å². The van der Waals surface area contributed by atoms with Gasteiger partial charge < -0.3 is 20.3 Å². The summed E-state index contributed by atoms with van der Waals surface area (Å²) in [7, 11) is 0. The van der Waals surface area contributed by atoms with Gasteiger partial charge in [-0.2, -0.15) is 0 Å². The first-order chi connectivity index (χ1) is 12.7. The van der Waals surface area contributed by atoms with Crippen molar-refractivity contribution in [2.45, 2.75) is 50.7 Å². The predicted molar refractivity (Wildman–Crippen MR) is 104 cm³/mol. The molecular weight excluding hydrogens is 326 g/mol. The molecule has 1 aliphatic rings. The minimum Gasteiger partial charge on any atom is -0.504 e. The number of hydrogen-bond donors (Lipinski definition) is 3. The van der Waals surface area contributed by atoms with E-state index in [2.05, 4.69) is 29.6 Å². The van der Waals surface area contributed by atoms with Gasteiger partial charge in [-0.1, -0.05) is 42.5 Å². The molecule has 3 rings (SSSR count). The van der Waals surface area contributed by atoms with Crippen LogP contribution in [0.1, 0.15) is 49.3 Å². The molecule has 2 unspecified atom stereocenters. The zero-order valence-electron chi connectivity index (χ0n) is 15.2. The third-order valence-corrected chi connectivity index (χ3v) is 4.99. The molecule has 140 valence electrons. The average Bonchev–Trinajstić information content (AvgIpc) is 2.66.